The molecule has 1 rings (SSSR count). The van der Waals surface area contributed by atoms with Gasteiger partial charge in [0.15, 0.2) is 0 Å². The lowest BCUT2D eigenvalue weighted by atomic mass is 10.2. The Kier molecular flexibility index (Phi) is 4.41. The molecule has 3 amide bonds. The Morgan fingerprint density at radius 2 is 2.00 bits per heavy atom. The van der Waals surface area contributed by atoms with Crippen LogP contribution in [0.4, 0.5) is 9.18 Å². The lowest BCUT2D eigenvalue weighted by Crippen LogP contribution is -2.40. The highest BCUT2D eigenvalue weighted by Crippen LogP contribution is 2.04. The number of primary amides is 1. The van der Waals surface area contributed by atoms with Crippen LogP contribution in [0.3, 0.4) is 0 Å². The number of amides is 3. The monoisotopic (exact) mass is 225 g/mol. The van der Waals surface area contributed by atoms with E-state index in [4.69, 9.17) is 5.73 Å². The second-order valence-corrected chi connectivity index (χ2v) is 3.11. The summed E-state index contributed by atoms with van der Waals surface area (Å²) in [6.45, 7) is 0.107. The van der Waals surface area contributed by atoms with Crippen molar-refractivity contribution in [2.75, 3.05) is 6.54 Å². The van der Waals surface area contributed by atoms with E-state index < -0.39 is 11.9 Å². The van der Waals surface area contributed by atoms with Crippen LogP contribution in [0.15, 0.2) is 24.3 Å². The van der Waals surface area contributed by atoms with Gasteiger partial charge in [-0.3, -0.25) is 10.1 Å². The van der Waals surface area contributed by atoms with Gasteiger partial charge in [0, 0.05) is 12.1 Å². The first-order valence-electron chi connectivity index (χ1n) is 4.63. The summed E-state index contributed by atoms with van der Waals surface area (Å²) in [5.74, 6) is -0.894. The highest BCUT2D eigenvalue weighted by molar-refractivity contribution is 5.94. The van der Waals surface area contributed by atoms with Gasteiger partial charge >= 0.3 is 6.03 Å². The average molecular weight is 225 g/mol. The molecule has 86 valence electrons. The lowest BCUT2D eigenvalue weighted by Gasteiger charge is -2.05. The fraction of sp³-hybridized carbons (Fsp3) is 0.200. The van der Waals surface area contributed by atoms with Gasteiger partial charge in [0.05, 0.1) is 6.54 Å². The van der Waals surface area contributed by atoms with E-state index in [2.05, 4.69) is 5.32 Å². The summed E-state index contributed by atoms with van der Waals surface area (Å²) in [5.41, 5.74) is 5.19. The number of nitrogens with one attached hydrogen (secondary N) is 2. The largest absolute Gasteiger partial charge is 0.351 e. The van der Waals surface area contributed by atoms with Crippen molar-refractivity contribution in [3.8, 4) is 0 Å². The van der Waals surface area contributed by atoms with Crippen LogP contribution in [0.1, 0.15) is 5.56 Å². The molecule has 0 bridgehead atoms. The van der Waals surface area contributed by atoms with Crippen LogP contribution in [0.2, 0.25) is 0 Å². The maximum absolute atomic E-state index is 13.1. The average Bonchev–Trinajstić information content (AvgIpc) is 2.19. The molecule has 0 saturated heterocycles. The first kappa shape index (κ1) is 12.1. The van der Waals surface area contributed by atoms with E-state index in [1.54, 1.807) is 18.2 Å². The van der Waals surface area contributed by atoms with Gasteiger partial charge in [-0.25, -0.2) is 9.18 Å². The molecule has 0 unspecified atom stereocenters. The van der Waals surface area contributed by atoms with Crippen LogP contribution >= 0.6 is 0 Å². The second-order valence-electron chi connectivity index (χ2n) is 3.11. The molecule has 16 heavy (non-hydrogen) atoms. The number of halogens is 1. The maximum atomic E-state index is 13.1. The Morgan fingerprint density at radius 3 is 2.62 bits per heavy atom. The molecule has 0 spiro atoms. The molecule has 4 N–H and O–H groups in total. The highest BCUT2D eigenvalue weighted by Gasteiger charge is 2.04. The van der Waals surface area contributed by atoms with Gasteiger partial charge in [-0.05, 0) is 6.07 Å². The van der Waals surface area contributed by atoms with Crippen molar-refractivity contribution < 1.29 is 14.0 Å². The van der Waals surface area contributed by atoms with E-state index in [1.807, 2.05) is 5.32 Å². The van der Waals surface area contributed by atoms with Gasteiger partial charge < -0.3 is 11.1 Å². The standard InChI is InChI=1S/C10H12FN3O2/c11-8-4-2-1-3-7(8)5-13-6-9(15)14-10(12)16/h1-4,13H,5-6H2,(H3,12,14,15,16). The molecule has 0 aliphatic carbocycles. The molecular formula is C10H12FN3O2. The Balaban J connectivity index is 2.33. The van der Waals surface area contributed by atoms with Gasteiger partial charge in [0.2, 0.25) is 5.91 Å². The van der Waals surface area contributed by atoms with E-state index in [0.29, 0.717) is 5.56 Å². The third kappa shape index (κ3) is 4.05. The number of carbonyl (C=O) groups excluding carboxylic acids is 2. The van der Waals surface area contributed by atoms with Crippen LogP contribution in [0.25, 0.3) is 0 Å². The molecule has 0 radical (unpaired) electrons. The summed E-state index contributed by atoms with van der Waals surface area (Å²) in [6, 6.07) is 5.31. The van der Waals surface area contributed by atoms with Crippen molar-refractivity contribution in [2.24, 2.45) is 5.73 Å². The zero-order valence-electron chi connectivity index (χ0n) is 8.50. The number of urea groups is 1. The molecule has 0 aromatic heterocycles. The van der Waals surface area contributed by atoms with Gasteiger partial charge in [-0.1, -0.05) is 18.2 Å². The molecule has 5 nitrogen and oxygen atoms in total. The van der Waals surface area contributed by atoms with Crippen LogP contribution in [-0.2, 0) is 11.3 Å². The number of rotatable bonds is 4. The first-order valence-corrected chi connectivity index (χ1v) is 4.63. The first-order chi connectivity index (χ1) is 7.59. The van der Waals surface area contributed by atoms with E-state index in [-0.39, 0.29) is 18.9 Å². The molecule has 0 aliphatic rings. The molecule has 1 aromatic rings. The van der Waals surface area contributed by atoms with Crippen molar-refractivity contribution in [2.45, 2.75) is 6.54 Å². The van der Waals surface area contributed by atoms with Gasteiger partial charge in [-0.2, -0.15) is 0 Å². The zero-order valence-corrected chi connectivity index (χ0v) is 8.50. The molecule has 1 aromatic carbocycles. The minimum atomic E-state index is -0.905. The Hall–Kier alpha value is -1.95. The van der Waals surface area contributed by atoms with Crippen molar-refractivity contribution in [3.63, 3.8) is 0 Å². The van der Waals surface area contributed by atoms with Crippen LogP contribution in [-0.4, -0.2) is 18.5 Å². The highest BCUT2D eigenvalue weighted by atomic mass is 19.1. The summed E-state index contributed by atoms with van der Waals surface area (Å²) >= 11 is 0. The molecule has 0 fully saturated rings. The van der Waals surface area contributed by atoms with Crippen LogP contribution < -0.4 is 16.4 Å². The predicted octanol–water partition coefficient (Wildman–Crippen LogP) is 0.110. The summed E-state index contributed by atoms with van der Waals surface area (Å²) in [4.78, 5) is 21.3. The molecular weight excluding hydrogens is 213 g/mol. The van der Waals surface area contributed by atoms with Crippen molar-refractivity contribution >= 4 is 11.9 Å². The summed E-state index contributed by atoms with van der Waals surface area (Å²) in [6.07, 6.45) is 0. The Bertz CT molecular complexity index is 395. The van der Waals surface area contributed by atoms with Gasteiger partial charge in [0.25, 0.3) is 0 Å². The molecule has 0 aliphatic heterocycles. The smallest absolute Gasteiger partial charge is 0.318 e. The fourth-order valence-corrected chi connectivity index (χ4v) is 1.13. The topological polar surface area (TPSA) is 84.2 Å². The van der Waals surface area contributed by atoms with Gasteiger partial charge in [-0.15, -0.1) is 0 Å². The normalized spacial score (nSPS) is 9.81. The van der Waals surface area contributed by atoms with E-state index in [1.165, 1.54) is 6.07 Å². The number of carbonyl (C=O) groups is 2. The van der Waals surface area contributed by atoms with E-state index >= 15 is 0 Å². The van der Waals surface area contributed by atoms with Crippen molar-refractivity contribution in [1.29, 1.82) is 0 Å². The molecule has 0 saturated carbocycles. The lowest BCUT2D eigenvalue weighted by molar-refractivity contribution is -0.119. The number of hydrogen-bond acceptors (Lipinski definition) is 3. The SMILES string of the molecule is NC(=O)NC(=O)CNCc1ccccc1F. The summed E-state index contributed by atoms with van der Waals surface area (Å²) < 4.78 is 13.1. The number of hydrogen-bond donors (Lipinski definition) is 3. The Labute approximate surface area is 91.8 Å². The molecule has 6 heteroatoms. The quantitative estimate of drug-likeness (QED) is 0.680. The van der Waals surface area contributed by atoms with Crippen LogP contribution in [0, 0.1) is 5.82 Å². The molecule has 0 heterocycles. The maximum Gasteiger partial charge on any atom is 0.318 e. The third-order valence-electron chi connectivity index (χ3n) is 1.82. The molecule has 0 atom stereocenters. The second kappa shape index (κ2) is 5.82. The minimum absolute atomic E-state index is 0.0999. The van der Waals surface area contributed by atoms with E-state index in [9.17, 15) is 14.0 Å². The zero-order chi connectivity index (χ0) is 12.0. The van der Waals surface area contributed by atoms with Crippen molar-refractivity contribution in [1.82, 2.24) is 10.6 Å². The Morgan fingerprint density at radius 1 is 1.31 bits per heavy atom. The number of benzene rings is 1. The predicted molar refractivity (Wildman–Crippen MR) is 55.8 cm³/mol. The fourth-order valence-electron chi connectivity index (χ4n) is 1.13. The summed E-state index contributed by atoms with van der Waals surface area (Å²) in [7, 11) is 0. The van der Waals surface area contributed by atoms with Gasteiger partial charge in [0.1, 0.15) is 5.82 Å². The summed E-state index contributed by atoms with van der Waals surface area (Å²) in [5, 5.41) is 4.58. The van der Waals surface area contributed by atoms with Crippen LogP contribution in [0.5, 0.6) is 0 Å². The minimum Gasteiger partial charge on any atom is -0.351 e. The third-order valence-corrected chi connectivity index (χ3v) is 1.82. The van der Waals surface area contributed by atoms with E-state index in [0.717, 1.165) is 0 Å². The number of nitrogens with two attached hydrogens (primary N) is 1. The number of imide groups is 1. The van der Waals surface area contributed by atoms with Crippen molar-refractivity contribution in [3.05, 3.63) is 35.6 Å².